The Balaban J connectivity index is 1.97. The van der Waals surface area contributed by atoms with Gasteiger partial charge in [0.1, 0.15) is 11.5 Å². The molecule has 3 atom stereocenters. The fraction of sp³-hybridized carbons (Fsp3) is 0.324. The standard InChI is InChI=1S/C34H41N2O2P/c1-21-8-12-30(13-9-21)25(5)36-34(32-15-11-29(19-33(32)38)16-22(2)26(6)37)35-20-31-14-10-28(18-24(31)4)17-23(3)27(7)39/h8-15,18-19,22-23,38H,7,16-17,20,39H2,1-6H3. The van der Waals surface area contributed by atoms with Gasteiger partial charge in [0.15, 0.2) is 5.84 Å². The molecule has 0 spiro atoms. The monoisotopic (exact) mass is 540 g/mol. The molecule has 0 aliphatic rings. The summed E-state index contributed by atoms with van der Waals surface area (Å²) < 4.78 is 0. The third-order valence-electron chi connectivity index (χ3n) is 7.26. The number of carbonyl (C=O) groups excluding carboxylic acids is 1. The highest BCUT2D eigenvalue weighted by Crippen LogP contribution is 2.25. The normalized spacial score (nSPS) is 13.7. The van der Waals surface area contributed by atoms with Gasteiger partial charge in [-0.05, 0) is 86.4 Å². The number of ketones is 1. The molecule has 0 aromatic heterocycles. The Labute approximate surface area is 236 Å². The molecule has 0 fully saturated rings. The fourth-order valence-corrected chi connectivity index (χ4v) is 4.41. The molecule has 5 heteroatoms. The number of aliphatic imine (C=N–C) groups is 2. The molecule has 4 nitrogen and oxygen atoms in total. The molecule has 1 N–H and O–H groups in total. The Morgan fingerprint density at radius 1 is 0.923 bits per heavy atom. The van der Waals surface area contributed by atoms with Crippen molar-refractivity contribution in [3.63, 3.8) is 0 Å². The van der Waals surface area contributed by atoms with E-state index in [4.69, 9.17) is 9.98 Å². The molecule has 0 saturated heterocycles. The first kappa shape index (κ1) is 30.2. The third kappa shape index (κ3) is 8.57. The molecule has 0 aliphatic carbocycles. The van der Waals surface area contributed by atoms with E-state index < -0.39 is 0 Å². The zero-order valence-corrected chi connectivity index (χ0v) is 25.2. The van der Waals surface area contributed by atoms with E-state index in [1.807, 2.05) is 38.1 Å². The van der Waals surface area contributed by atoms with Crippen molar-refractivity contribution in [1.29, 1.82) is 0 Å². The van der Waals surface area contributed by atoms with Crippen molar-refractivity contribution in [2.24, 2.45) is 21.8 Å². The molecule has 0 amide bonds. The van der Waals surface area contributed by atoms with Crippen molar-refractivity contribution in [2.75, 3.05) is 0 Å². The predicted octanol–water partition coefficient (Wildman–Crippen LogP) is 7.80. The van der Waals surface area contributed by atoms with Gasteiger partial charge in [0.2, 0.25) is 0 Å². The number of Topliss-reactive ketones (excluding diaryl/α,β-unsaturated/α-hetero) is 1. The average molecular weight is 541 g/mol. The van der Waals surface area contributed by atoms with E-state index in [0.717, 1.165) is 34.1 Å². The summed E-state index contributed by atoms with van der Waals surface area (Å²) in [6.45, 7) is 16.3. The number of hydrogen-bond acceptors (Lipinski definition) is 3. The molecule has 204 valence electrons. The van der Waals surface area contributed by atoms with E-state index in [2.05, 4.69) is 66.9 Å². The number of aryl methyl sites for hydroxylation is 2. The summed E-state index contributed by atoms with van der Waals surface area (Å²) in [5.41, 5.74) is 8.05. The summed E-state index contributed by atoms with van der Waals surface area (Å²) in [6, 6.07) is 20.3. The van der Waals surface area contributed by atoms with Crippen LogP contribution in [0, 0.1) is 25.7 Å². The average Bonchev–Trinajstić information content (AvgIpc) is 2.87. The van der Waals surface area contributed by atoms with Gasteiger partial charge >= 0.3 is 0 Å². The number of carbonyl (C=O) groups is 1. The van der Waals surface area contributed by atoms with Gasteiger partial charge in [0.25, 0.3) is 0 Å². The van der Waals surface area contributed by atoms with Crippen LogP contribution in [-0.2, 0) is 24.2 Å². The minimum Gasteiger partial charge on any atom is -0.507 e. The fourth-order valence-electron chi connectivity index (χ4n) is 4.30. The van der Waals surface area contributed by atoms with E-state index in [0.29, 0.717) is 30.3 Å². The zero-order chi connectivity index (χ0) is 28.7. The van der Waals surface area contributed by atoms with Crippen molar-refractivity contribution in [2.45, 2.75) is 60.9 Å². The van der Waals surface area contributed by atoms with Crippen molar-refractivity contribution in [3.8, 4) is 5.75 Å². The molecule has 3 aromatic carbocycles. The SMILES string of the molecule is C=C(P)C(C)Cc1ccc(CN=C(N=C(C)c2ccc(C)cc2)c2ccc(CC(C)C(C)=O)cc2O)c(C)c1. The van der Waals surface area contributed by atoms with Crippen molar-refractivity contribution < 1.29 is 9.90 Å². The molecule has 0 saturated carbocycles. The molecule has 39 heavy (non-hydrogen) atoms. The topological polar surface area (TPSA) is 62.0 Å². The van der Waals surface area contributed by atoms with Crippen LogP contribution in [0.25, 0.3) is 0 Å². The largest absolute Gasteiger partial charge is 0.507 e. The number of phenolic OH excluding ortho intramolecular Hbond substituents is 1. The first-order chi connectivity index (χ1) is 18.4. The molecule has 3 unspecified atom stereocenters. The minimum atomic E-state index is -0.103. The molecule has 0 radical (unpaired) electrons. The van der Waals surface area contributed by atoms with Crippen LogP contribution in [0.15, 0.2) is 82.5 Å². The number of benzene rings is 3. The first-order valence-corrected chi connectivity index (χ1v) is 14.0. The van der Waals surface area contributed by atoms with Gasteiger partial charge in [-0.1, -0.05) is 79.8 Å². The van der Waals surface area contributed by atoms with Crippen LogP contribution in [-0.4, -0.2) is 22.4 Å². The Morgan fingerprint density at radius 3 is 2.13 bits per heavy atom. The number of nitrogens with zero attached hydrogens (tertiary/aromatic N) is 2. The van der Waals surface area contributed by atoms with Crippen LogP contribution in [0.5, 0.6) is 5.75 Å². The first-order valence-electron chi connectivity index (χ1n) is 13.5. The maximum Gasteiger partial charge on any atom is 0.158 e. The Morgan fingerprint density at radius 2 is 1.54 bits per heavy atom. The summed E-state index contributed by atoms with van der Waals surface area (Å²) in [5, 5.41) is 12.1. The van der Waals surface area contributed by atoms with Crippen LogP contribution in [0.4, 0.5) is 0 Å². The van der Waals surface area contributed by atoms with Crippen LogP contribution >= 0.6 is 9.24 Å². The number of phenols is 1. The molecule has 3 rings (SSSR count). The number of hydrogen-bond donors (Lipinski definition) is 1. The minimum absolute atomic E-state index is 0.103. The summed E-state index contributed by atoms with van der Waals surface area (Å²) in [5.74, 6) is 1.02. The van der Waals surface area contributed by atoms with Crippen molar-refractivity contribution in [1.82, 2.24) is 0 Å². The zero-order valence-electron chi connectivity index (χ0n) is 24.1. The maximum atomic E-state index is 11.7. The highest BCUT2D eigenvalue weighted by atomic mass is 31.0. The number of rotatable bonds is 10. The van der Waals surface area contributed by atoms with Gasteiger partial charge in [0.05, 0.1) is 12.1 Å². The summed E-state index contributed by atoms with van der Waals surface area (Å²) >= 11 is 0. The van der Waals surface area contributed by atoms with Gasteiger partial charge in [-0.3, -0.25) is 9.79 Å². The number of aromatic hydroxyl groups is 1. The van der Waals surface area contributed by atoms with E-state index in [9.17, 15) is 9.90 Å². The van der Waals surface area contributed by atoms with Gasteiger partial charge in [0, 0.05) is 11.6 Å². The predicted molar refractivity (Wildman–Crippen MR) is 168 cm³/mol. The molecule has 0 heterocycles. The van der Waals surface area contributed by atoms with E-state index in [1.165, 1.54) is 16.7 Å². The van der Waals surface area contributed by atoms with Gasteiger partial charge in [-0.25, -0.2) is 4.99 Å². The van der Waals surface area contributed by atoms with Crippen LogP contribution < -0.4 is 0 Å². The second kappa shape index (κ2) is 13.6. The molecule has 3 aromatic rings. The highest BCUT2D eigenvalue weighted by molar-refractivity contribution is 7.22. The van der Waals surface area contributed by atoms with E-state index >= 15 is 0 Å². The van der Waals surface area contributed by atoms with Crippen molar-refractivity contribution >= 4 is 26.6 Å². The summed E-state index contributed by atoms with van der Waals surface area (Å²) in [7, 11) is 2.71. The summed E-state index contributed by atoms with van der Waals surface area (Å²) in [4.78, 5) is 21.5. The smallest absolute Gasteiger partial charge is 0.158 e. The Kier molecular flexibility index (Phi) is 10.5. The van der Waals surface area contributed by atoms with Crippen LogP contribution in [0.3, 0.4) is 0 Å². The van der Waals surface area contributed by atoms with E-state index in [-0.39, 0.29) is 17.5 Å². The summed E-state index contributed by atoms with van der Waals surface area (Å²) in [6.07, 6.45) is 1.52. The van der Waals surface area contributed by atoms with Gasteiger partial charge < -0.3 is 5.11 Å². The quantitative estimate of drug-likeness (QED) is 0.162. The highest BCUT2D eigenvalue weighted by Gasteiger charge is 2.14. The second-order valence-electron chi connectivity index (χ2n) is 10.7. The second-order valence-corrected chi connectivity index (χ2v) is 11.5. The van der Waals surface area contributed by atoms with E-state index in [1.54, 1.807) is 13.0 Å². The molecule has 0 aliphatic heterocycles. The lowest BCUT2D eigenvalue weighted by molar-refractivity contribution is -0.120. The lowest BCUT2D eigenvalue weighted by Crippen LogP contribution is -2.10. The van der Waals surface area contributed by atoms with Gasteiger partial charge in [-0.2, -0.15) is 0 Å². The number of allylic oxidation sites excluding steroid dienone is 1. The van der Waals surface area contributed by atoms with Crippen LogP contribution in [0.1, 0.15) is 66.6 Å². The number of amidine groups is 1. The van der Waals surface area contributed by atoms with Crippen LogP contribution in [0.2, 0.25) is 0 Å². The Hall–Kier alpha value is -3.36. The maximum absolute atomic E-state index is 11.7. The molecular formula is C34H41N2O2P. The van der Waals surface area contributed by atoms with Gasteiger partial charge in [-0.15, -0.1) is 9.24 Å². The molecule has 0 bridgehead atoms. The third-order valence-corrected chi connectivity index (χ3v) is 7.83. The lowest BCUT2D eigenvalue weighted by Gasteiger charge is -2.13. The Bertz CT molecular complexity index is 1400. The van der Waals surface area contributed by atoms with Crippen molar-refractivity contribution in [3.05, 3.63) is 112 Å². The lowest BCUT2D eigenvalue weighted by atomic mass is 9.96. The molecular weight excluding hydrogens is 499 g/mol.